The van der Waals surface area contributed by atoms with E-state index in [1.165, 1.54) is 24.9 Å². The Balaban J connectivity index is 1.21. The van der Waals surface area contributed by atoms with Crippen LogP contribution in [-0.2, 0) is 32.9 Å². The fourth-order valence-electron chi connectivity index (χ4n) is 7.88. The number of nitrogen functional groups attached to an aromatic ring is 1. The number of carbonyl (C=O) groups is 2. The van der Waals surface area contributed by atoms with Crippen LogP contribution in [0.4, 0.5) is 5.95 Å². The minimum absolute atomic E-state index is 0.0994. The van der Waals surface area contributed by atoms with Crippen LogP contribution in [0.25, 0.3) is 11.2 Å². The van der Waals surface area contributed by atoms with Crippen molar-refractivity contribution in [2.75, 3.05) is 19.5 Å². The molecule has 3 aliphatic rings. The maximum absolute atomic E-state index is 15.5. The number of aliphatic hydroxyl groups excluding tert-OH is 1. The molecule has 312 valence electrons. The van der Waals surface area contributed by atoms with Crippen LogP contribution in [0.15, 0.2) is 67.0 Å². The number of esters is 2. The summed E-state index contributed by atoms with van der Waals surface area (Å²) < 4.78 is 46.6. The molecule has 0 radical (unpaired) electrons. The summed E-state index contributed by atoms with van der Waals surface area (Å²) >= 11 is 0. The number of imidazole rings is 1. The van der Waals surface area contributed by atoms with Gasteiger partial charge in [-0.25, -0.2) is 24.7 Å². The highest BCUT2D eigenvalue weighted by Gasteiger charge is 2.54. The summed E-state index contributed by atoms with van der Waals surface area (Å²) in [5, 5.41) is 29.0. The van der Waals surface area contributed by atoms with Crippen LogP contribution in [0.2, 0.25) is 0 Å². The molecular formula is C40H52N7O10P. The Morgan fingerprint density at radius 3 is 1.91 bits per heavy atom. The lowest BCUT2D eigenvalue weighted by Gasteiger charge is -2.31. The number of fused-ring (bicyclic) bond motifs is 1. The summed E-state index contributed by atoms with van der Waals surface area (Å²) in [5.74, 6) is -1.36. The van der Waals surface area contributed by atoms with Crippen LogP contribution in [0.3, 0.4) is 0 Å². The van der Waals surface area contributed by atoms with Gasteiger partial charge >= 0.3 is 19.6 Å². The van der Waals surface area contributed by atoms with E-state index in [-0.39, 0.29) is 35.2 Å². The molecule has 0 bridgehead atoms. The number of aromatic nitrogens is 4. The predicted molar refractivity (Wildman–Crippen MR) is 211 cm³/mol. The van der Waals surface area contributed by atoms with E-state index in [0.29, 0.717) is 36.8 Å². The number of anilines is 1. The molecule has 58 heavy (non-hydrogen) atoms. The highest BCUT2D eigenvalue weighted by atomic mass is 31.2. The third-order valence-electron chi connectivity index (χ3n) is 11.0. The normalized spacial score (nSPS) is 24.3. The molecule has 2 saturated carbocycles. The van der Waals surface area contributed by atoms with Crippen molar-refractivity contribution in [2.45, 2.75) is 119 Å². The van der Waals surface area contributed by atoms with Crippen molar-refractivity contribution in [1.82, 2.24) is 29.7 Å². The molecule has 2 aliphatic carbocycles. The first-order chi connectivity index (χ1) is 28.0. The Bertz CT molecular complexity index is 1980. The first-order valence-electron chi connectivity index (χ1n) is 19.9. The number of ether oxygens (including phenoxy) is 4. The van der Waals surface area contributed by atoms with Gasteiger partial charge in [-0.3, -0.25) is 9.13 Å². The molecule has 3 heterocycles. The molecular weight excluding hydrogens is 769 g/mol. The summed E-state index contributed by atoms with van der Waals surface area (Å²) in [6.07, 6.45) is 5.13. The monoisotopic (exact) mass is 821 g/mol. The molecule has 6 atom stereocenters. The Morgan fingerprint density at radius 2 is 1.41 bits per heavy atom. The zero-order chi connectivity index (χ0) is 40.9. The minimum Gasteiger partial charge on any atom is -0.479 e. The highest BCUT2D eigenvalue weighted by Crippen LogP contribution is 2.47. The molecule has 1 aliphatic heterocycles. The summed E-state index contributed by atoms with van der Waals surface area (Å²) in [7, 11) is -3.18. The van der Waals surface area contributed by atoms with E-state index in [1.54, 1.807) is 60.7 Å². The largest absolute Gasteiger partial charge is 0.479 e. The average molecular weight is 822 g/mol. The predicted octanol–water partition coefficient (Wildman–Crippen LogP) is 4.96. The molecule has 0 spiro atoms. The average Bonchev–Trinajstić information content (AvgIpc) is 3.75. The first kappa shape index (κ1) is 41.7. The van der Waals surface area contributed by atoms with Gasteiger partial charge < -0.3 is 39.4 Å². The van der Waals surface area contributed by atoms with Gasteiger partial charge in [-0.05, 0) is 69.4 Å². The van der Waals surface area contributed by atoms with Crippen molar-refractivity contribution < 1.29 is 47.8 Å². The maximum Gasteiger partial charge on any atom is 0.342 e. The maximum atomic E-state index is 15.5. The minimum atomic E-state index is -4.58. The van der Waals surface area contributed by atoms with Crippen molar-refractivity contribution in [1.29, 1.82) is 0 Å². The van der Waals surface area contributed by atoms with Gasteiger partial charge in [-0.1, -0.05) is 73.5 Å². The summed E-state index contributed by atoms with van der Waals surface area (Å²) in [5.41, 5.74) is 5.26. The van der Waals surface area contributed by atoms with Crippen LogP contribution in [-0.4, -0.2) is 85.4 Å². The van der Waals surface area contributed by atoms with E-state index in [9.17, 15) is 19.8 Å². The standard InChI is InChI=1S/C40H52N7O10P/c1-40(51)33(48)29(57-38(40)47-24-42-32-34(47)43-39(41)44-35(32)53-2)23-54-58(52,45-30(25-15-7-3-8-16-25)36(49)55-27-19-11-5-12-20-27)46-31(26-17-9-4-10-18-26)37(50)56-28-21-13-6-14-22-28/h3-4,7-10,15-18,24,27-31,33,38,48,51H,5-6,11-14,19-23H2,1-2H3,(H2,41,43,44)(H2,45,46,52)/t29-,30+,31+,33-,38-,40-/m1/s1. The molecule has 17 nitrogen and oxygen atoms in total. The van der Waals surface area contributed by atoms with Gasteiger partial charge in [0.2, 0.25) is 11.8 Å². The van der Waals surface area contributed by atoms with Crippen molar-refractivity contribution in [2.24, 2.45) is 0 Å². The van der Waals surface area contributed by atoms with Crippen molar-refractivity contribution in [3.63, 3.8) is 0 Å². The molecule has 1 saturated heterocycles. The van der Waals surface area contributed by atoms with Gasteiger partial charge in [0.05, 0.1) is 20.0 Å². The van der Waals surface area contributed by atoms with E-state index in [2.05, 4.69) is 25.1 Å². The zero-order valence-electron chi connectivity index (χ0n) is 32.6. The summed E-state index contributed by atoms with van der Waals surface area (Å²) in [6, 6.07) is 14.7. The molecule has 7 rings (SSSR count). The second-order valence-corrected chi connectivity index (χ2v) is 17.2. The zero-order valence-corrected chi connectivity index (χ0v) is 33.5. The number of nitrogens with one attached hydrogen (secondary N) is 2. The van der Waals surface area contributed by atoms with Crippen molar-refractivity contribution in [3.8, 4) is 5.88 Å². The highest BCUT2D eigenvalue weighted by molar-refractivity contribution is 7.54. The van der Waals surface area contributed by atoms with E-state index in [1.807, 2.05) is 0 Å². The van der Waals surface area contributed by atoms with E-state index in [4.69, 9.17) is 29.2 Å². The van der Waals surface area contributed by atoms with Gasteiger partial charge in [-0.15, -0.1) is 0 Å². The fourth-order valence-corrected chi connectivity index (χ4v) is 9.65. The number of hydrogen-bond acceptors (Lipinski definition) is 14. The lowest BCUT2D eigenvalue weighted by Crippen LogP contribution is -2.45. The molecule has 0 amide bonds. The van der Waals surface area contributed by atoms with Gasteiger partial charge in [0.15, 0.2) is 17.4 Å². The van der Waals surface area contributed by atoms with Gasteiger partial charge in [-0.2, -0.15) is 9.97 Å². The third-order valence-corrected chi connectivity index (χ3v) is 12.7. The molecule has 6 N–H and O–H groups in total. The van der Waals surface area contributed by atoms with E-state index < -0.39 is 62.3 Å². The Morgan fingerprint density at radius 1 is 0.897 bits per heavy atom. The number of aliphatic hydroxyl groups is 2. The number of nitrogens with two attached hydrogens (primary N) is 1. The Hall–Kier alpha value is -4.48. The van der Waals surface area contributed by atoms with Crippen LogP contribution in [0.5, 0.6) is 5.88 Å². The second kappa shape index (κ2) is 18.2. The smallest absolute Gasteiger partial charge is 0.342 e. The third kappa shape index (κ3) is 9.36. The fraction of sp³-hybridized carbons (Fsp3) is 0.525. The number of carbonyl (C=O) groups excluding carboxylic acids is 2. The number of rotatable bonds is 15. The number of methoxy groups -OCH3 is 1. The van der Waals surface area contributed by atoms with Crippen LogP contribution in [0.1, 0.15) is 101 Å². The molecule has 2 aromatic heterocycles. The van der Waals surface area contributed by atoms with Crippen LogP contribution < -0.4 is 20.6 Å². The summed E-state index contributed by atoms with van der Waals surface area (Å²) in [6.45, 7) is 0.780. The van der Waals surface area contributed by atoms with Crippen molar-refractivity contribution >= 4 is 36.7 Å². The Kier molecular flexibility index (Phi) is 13.1. The van der Waals surface area contributed by atoms with Crippen LogP contribution >= 0.6 is 7.67 Å². The van der Waals surface area contributed by atoms with Crippen LogP contribution in [0, 0.1) is 0 Å². The molecule has 18 heteroatoms. The Labute approximate surface area is 336 Å². The van der Waals surface area contributed by atoms with Gasteiger partial charge in [0, 0.05) is 0 Å². The lowest BCUT2D eigenvalue weighted by atomic mass is 9.96. The first-order valence-corrected chi connectivity index (χ1v) is 21.5. The SMILES string of the molecule is COc1nc(N)nc2c1ncn2[C@@H]1O[C@H](COP(=O)(N[C@H](C(=O)OC2CCCCC2)c2ccccc2)N[C@H](C(=O)OC2CCCCC2)c2ccccc2)[C@@H](O)[C@@]1(C)O. The quantitative estimate of drug-likeness (QED) is 0.0788. The second-order valence-electron chi connectivity index (χ2n) is 15.3. The molecule has 0 unspecified atom stereocenters. The lowest BCUT2D eigenvalue weighted by molar-refractivity contribution is -0.153. The number of nitrogens with zero attached hydrogens (tertiary/aromatic N) is 4. The number of hydrogen-bond donors (Lipinski definition) is 5. The molecule has 3 fully saturated rings. The van der Waals surface area contributed by atoms with E-state index in [0.717, 1.165) is 38.5 Å². The topological polar surface area (TPSA) is 231 Å². The van der Waals surface area contributed by atoms with E-state index >= 15 is 4.57 Å². The van der Waals surface area contributed by atoms with Crippen molar-refractivity contribution in [3.05, 3.63) is 78.1 Å². The number of benzene rings is 2. The molecule has 4 aromatic rings. The molecule has 2 aromatic carbocycles. The van der Waals surface area contributed by atoms with Gasteiger partial charge in [0.1, 0.15) is 42.1 Å². The van der Waals surface area contributed by atoms with Gasteiger partial charge in [0.25, 0.3) is 0 Å². The summed E-state index contributed by atoms with van der Waals surface area (Å²) in [4.78, 5) is 40.8.